The van der Waals surface area contributed by atoms with E-state index in [1.54, 1.807) is 0 Å². The van der Waals surface area contributed by atoms with Crippen molar-refractivity contribution >= 4 is 45.7 Å². The molecule has 190 valence electrons. The predicted molar refractivity (Wildman–Crippen MR) is 170 cm³/mol. The fourth-order valence-corrected chi connectivity index (χ4v) is 4.70. The fourth-order valence-electron chi connectivity index (χ4n) is 4.70. The first-order valence-corrected chi connectivity index (χ1v) is 13.1. The summed E-state index contributed by atoms with van der Waals surface area (Å²) in [5, 5.41) is 13.6. The molecule has 1 heterocycles. The molecule has 1 aliphatic heterocycles. The molecule has 1 aliphatic rings. The molecular weight excluding hydrogens is 474 g/mol. The summed E-state index contributed by atoms with van der Waals surface area (Å²) in [5.74, 6) is 0. The molecule has 0 saturated heterocycles. The molecule has 0 unspecified atom stereocenters. The van der Waals surface area contributed by atoms with Crippen LogP contribution >= 0.6 is 0 Å². The molecule has 5 rings (SSSR count). The molecule has 0 atom stereocenters. The molecule has 0 bridgehead atoms. The Morgan fingerprint density at radius 1 is 0.821 bits per heavy atom. The van der Waals surface area contributed by atoms with Crippen molar-refractivity contribution in [3.05, 3.63) is 144 Å². The Kier molecular flexibility index (Phi) is 7.60. The standard InChI is InChI=1S/C36H31N3/c1-4-26(35-21-22-38-35)12-11-25(3)33-19-18-31-23-30(29-15-13-28(14-16-29)27(5-2)24-37)17-20-34(31)36(33)39-32-9-7-6-8-10-32/h4-24,37,39H,3H2,1-2H3/b12-11-,26-4+,27-5+,37-24?. The molecule has 0 aliphatic carbocycles. The number of hydrogen-bond donors (Lipinski definition) is 2. The molecule has 2 N–H and O–H groups in total. The number of fused-ring (bicyclic) bond motifs is 1. The lowest BCUT2D eigenvalue weighted by molar-refractivity contribution is 1.31. The number of anilines is 2. The van der Waals surface area contributed by atoms with Crippen LogP contribution in [-0.4, -0.2) is 12.4 Å². The van der Waals surface area contributed by atoms with E-state index in [9.17, 15) is 0 Å². The van der Waals surface area contributed by atoms with Gasteiger partial charge in [-0.25, -0.2) is 0 Å². The van der Waals surface area contributed by atoms with Gasteiger partial charge in [0.15, 0.2) is 0 Å². The van der Waals surface area contributed by atoms with Crippen molar-refractivity contribution in [3.8, 4) is 11.1 Å². The zero-order valence-electron chi connectivity index (χ0n) is 22.3. The van der Waals surface area contributed by atoms with Crippen LogP contribution in [0, 0.1) is 5.41 Å². The Morgan fingerprint density at radius 3 is 2.18 bits per heavy atom. The second kappa shape index (κ2) is 11.6. The maximum atomic E-state index is 7.62. The van der Waals surface area contributed by atoms with Crippen LogP contribution in [0.15, 0.2) is 138 Å². The normalized spacial score (nSPS) is 13.3. The highest BCUT2D eigenvalue weighted by molar-refractivity contribution is 6.08. The largest absolute Gasteiger partial charge is 0.355 e. The van der Waals surface area contributed by atoms with Gasteiger partial charge >= 0.3 is 0 Å². The molecule has 3 nitrogen and oxygen atoms in total. The van der Waals surface area contributed by atoms with E-state index in [1.807, 2.05) is 50.4 Å². The van der Waals surface area contributed by atoms with Gasteiger partial charge in [0, 0.05) is 29.1 Å². The minimum absolute atomic E-state index is 0.914. The van der Waals surface area contributed by atoms with Crippen molar-refractivity contribution in [2.45, 2.75) is 13.8 Å². The summed E-state index contributed by atoms with van der Waals surface area (Å²) < 4.78 is 0. The summed E-state index contributed by atoms with van der Waals surface area (Å²) in [4.78, 5) is 4.32. The number of benzene rings is 4. The van der Waals surface area contributed by atoms with Crippen molar-refractivity contribution in [2.24, 2.45) is 4.99 Å². The first-order valence-electron chi connectivity index (χ1n) is 13.1. The minimum atomic E-state index is 0.914. The Morgan fingerprint density at radius 2 is 1.54 bits per heavy atom. The van der Waals surface area contributed by atoms with Gasteiger partial charge in [0.2, 0.25) is 0 Å². The zero-order chi connectivity index (χ0) is 27.2. The lowest BCUT2D eigenvalue weighted by Crippen LogP contribution is -1.97. The Balaban J connectivity index is 1.53. The third kappa shape index (κ3) is 5.48. The van der Waals surface area contributed by atoms with Gasteiger partial charge < -0.3 is 10.7 Å². The quantitative estimate of drug-likeness (QED) is 0.173. The molecule has 0 radical (unpaired) electrons. The summed E-state index contributed by atoms with van der Waals surface area (Å²) >= 11 is 0. The number of nitrogens with zero attached hydrogens (tertiary/aromatic N) is 1. The SMILES string of the molecule is C=C(/C=C\C(=C/C)C1=CC=N1)c1ccc2cc(-c3ccc(/C(C=N)=C/C)cc3)ccc2c1Nc1ccccc1. The van der Waals surface area contributed by atoms with Crippen molar-refractivity contribution in [3.63, 3.8) is 0 Å². The van der Waals surface area contributed by atoms with E-state index in [2.05, 4.69) is 102 Å². The predicted octanol–water partition coefficient (Wildman–Crippen LogP) is 9.79. The maximum Gasteiger partial charge on any atom is 0.0713 e. The summed E-state index contributed by atoms with van der Waals surface area (Å²) in [6.07, 6.45) is 13.4. The smallest absolute Gasteiger partial charge is 0.0713 e. The number of allylic oxidation sites excluding steroid dienone is 7. The molecule has 3 heteroatoms. The number of nitrogens with one attached hydrogen (secondary N) is 2. The average molecular weight is 506 g/mol. The Hall–Kier alpha value is -5.02. The van der Waals surface area contributed by atoms with Crippen LogP contribution in [0.5, 0.6) is 0 Å². The lowest BCUT2D eigenvalue weighted by Gasteiger charge is -2.17. The van der Waals surface area contributed by atoms with Gasteiger partial charge in [0.05, 0.1) is 11.4 Å². The van der Waals surface area contributed by atoms with E-state index < -0.39 is 0 Å². The van der Waals surface area contributed by atoms with Gasteiger partial charge in [-0.15, -0.1) is 0 Å². The molecule has 0 saturated carbocycles. The molecule has 0 aromatic heterocycles. The van der Waals surface area contributed by atoms with Crippen LogP contribution < -0.4 is 5.32 Å². The molecule has 0 amide bonds. The van der Waals surface area contributed by atoms with Crippen LogP contribution in [-0.2, 0) is 0 Å². The maximum absolute atomic E-state index is 7.62. The zero-order valence-corrected chi connectivity index (χ0v) is 22.3. The number of para-hydroxylation sites is 1. The highest BCUT2D eigenvalue weighted by Crippen LogP contribution is 2.37. The Labute approximate surface area is 230 Å². The minimum Gasteiger partial charge on any atom is -0.355 e. The second-order valence-electron chi connectivity index (χ2n) is 9.31. The first kappa shape index (κ1) is 25.6. The van der Waals surface area contributed by atoms with Crippen molar-refractivity contribution in [2.75, 3.05) is 5.32 Å². The van der Waals surface area contributed by atoms with E-state index in [1.165, 1.54) is 6.21 Å². The molecule has 4 aromatic carbocycles. The van der Waals surface area contributed by atoms with Crippen LogP contribution in [0.4, 0.5) is 11.4 Å². The number of hydrogen-bond acceptors (Lipinski definition) is 3. The highest BCUT2D eigenvalue weighted by Gasteiger charge is 2.12. The van der Waals surface area contributed by atoms with Crippen molar-refractivity contribution < 1.29 is 0 Å². The Bertz CT molecular complexity index is 1700. The fraction of sp³-hybridized carbons (Fsp3) is 0.0556. The van der Waals surface area contributed by atoms with Crippen molar-refractivity contribution in [1.29, 1.82) is 5.41 Å². The van der Waals surface area contributed by atoms with E-state index in [4.69, 9.17) is 5.41 Å². The summed E-state index contributed by atoms with van der Waals surface area (Å²) in [7, 11) is 0. The summed E-state index contributed by atoms with van der Waals surface area (Å²) in [6, 6.07) is 29.5. The van der Waals surface area contributed by atoms with E-state index >= 15 is 0 Å². The molecule has 39 heavy (non-hydrogen) atoms. The van der Waals surface area contributed by atoms with E-state index in [-0.39, 0.29) is 0 Å². The number of rotatable bonds is 9. The van der Waals surface area contributed by atoms with Gasteiger partial charge in [0.25, 0.3) is 0 Å². The molecule has 0 spiro atoms. The monoisotopic (exact) mass is 505 g/mol. The molecule has 4 aromatic rings. The molecule has 0 fully saturated rings. The van der Waals surface area contributed by atoms with Crippen LogP contribution in [0.3, 0.4) is 0 Å². The first-order chi connectivity index (χ1) is 19.1. The topological polar surface area (TPSA) is 48.2 Å². The van der Waals surface area contributed by atoms with E-state index in [0.29, 0.717) is 0 Å². The average Bonchev–Trinajstić information content (AvgIpc) is 2.95. The summed E-state index contributed by atoms with van der Waals surface area (Å²) in [6.45, 7) is 8.39. The van der Waals surface area contributed by atoms with Crippen LogP contribution in [0.2, 0.25) is 0 Å². The lowest BCUT2D eigenvalue weighted by atomic mass is 9.94. The van der Waals surface area contributed by atoms with Gasteiger partial charge in [0.1, 0.15) is 0 Å². The van der Waals surface area contributed by atoms with Crippen molar-refractivity contribution in [1.82, 2.24) is 0 Å². The van der Waals surface area contributed by atoms with Gasteiger partial charge in [-0.2, -0.15) is 0 Å². The van der Waals surface area contributed by atoms with Crippen LogP contribution in [0.1, 0.15) is 25.0 Å². The highest BCUT2D eigenvalue weighted by atomic mass is 14.9. The van der Waals surface area contributed by atoms with Crippen LogP contribution in [0.25, 0.3) is 33.0 Å². The molecular formula is C36H31N3. The number of aliphatic imine (C=N–C) groups is 1. The van der Waals surface area contributed by atoms with Gasteiger partial charge in [-0.3, -0.25) is 4.99 Å². The third-order valence-electron chi connectivity index (χ3n) is 6.94. The summed E-state index contributed by atoms with van der Waals surface area (Å²) in [5.41, 5.74) is 10.3. The second-order valence-corrected chi connectivity index (χ2v) is 9.31. The third-order valence-corrected chi connectivity index (χ3v) is 6.94. The van der Waals surface area contributed by atoms with E-state index in [0.717, 1.165) is 66.8 Å². The van der Waals surface area contributed by atoms with Gasteiger partial charge in [-0.1, -0.05) is 97.6 Å². The van der Waals surface area contributed by atoms with Gasteiger partial charge in [-0.05, 0) is 76.9 Å².